The van der Waals surface area contributed by atoms with Gasteiger partial charge in [0.05, 0.1) is 21.0 Å². The van der Waals surface area contributed by atoms with Crippen molar-refractivity contribution in [2.75, 3.05) is 11.9 Å². The number of aliphatic carboxylic acids is 1. The first-order valence-electron chi connectivity index (χ1n) is 6.27. The molecule has 0 fully saturated rings. The molecule has 0 radical (unpaired) electrons. The fourth-order valence-electron chi connectivity index (χ4n) is 1.90. The molecule has 0 spiro atoms. The molecule has 0 atom stereocenters. The van der Waals surface area contributed by atoms with E-state index < -0.39 is 16.3 Å². The monoisotopic (exact) mass is 300 g/mol. The van der Waals surface area contributed by atoms with Crippen LogP contribution < -0.4 is 5.32 Å². The minimum Gasteiger partial charge on any atom is -0.481 e. The number of nitrogens with zero attached hydrogens (tertiary/aromatic N) is 1. The molecule has 0 unspecified atom stereocenters. The number of hydrogen-bond acceptors (Lipinski definition) is 4. The maximum atomic E-state index is 11.4. The molecule has 6 nitrogen and oxygen atoms in total. The SMILES string of the molecule is CCC(CC)(CNc1ccc([N+](=O)[O-])cc1Cl)C(=O)O. The molecule has 1 aromatic carbocycles. The van der Waals surface area contributed by atoms with Gasteiger partial charge in [0, 0.05) is 18.7 Å². The van der Waals surface area contributed by atoms with E-state index in [0.717, 1.165) is 0 Å². The average molecular weight is 301 g/mol. The highest BCUT2D eigenvalue weighted by Gasteiger charge is 2.34. The van der Waals surface area contributed by atoms with Gasteiger partial charge in [-0.05, 0) is 18.9 Å². The number of nitro benzene ring substituents is 1. The van der Waals surface area contributed by atoms with Crippen LogP contribution in [-0.4, -0.2) is 22.5 Å². The van der Waals surface area contributed by atoms with Crippen molar-refractivity contribution in [2.45, 2.75) is 26.7 Å². The fraction of sp³-hybridized carbons (Fsp3) is 0.462. The highest BCUT2D eigenvalue weighted by atomic mass is 35.5. The predicted octanol–water partition coefficient (Wildman–Crippen LogP) is 3.55. The smallest absolute Gasteiger partial charge is 0.311 e. The van der Waals surface area contributed by atoms with Gasteiger partial charge in [0.15, 0.2) is 0 Å². The summed E-state index contributed by atoms with van der Waals surface area (Å²) in [5, 5.41) is 23.1. The normalized spacial score (nSPS) is 11.2. The molecule has 0 amide bonds. The second-order valence-corrected chi connectivity index (χ2v) is 4.97. The lowest BCUT2D eigenvalue weighted by molar-refractivity contribution is -0.384. The number of nitrogens with one attached hydrogen (secondary N) is 1. The van der Waals surface area contributed by atoms with Crippen molar-refractivity contribution in [1.82, 2.24) is 0 Å². The van der Waals surface area contributed by atoms with Crippen LogP contribution in [0.15, 0.2) is 18.2 Å². The van der Waals surface area contributed by atoms with Crippen molar-refractivity contribution in [2.24, 2.45) is 5.41 Å². The van der Waals surface area contributed by atoms with Gasteiger partial charge in [0.1, 0.15) is 0 Å². The fourth-order valence-corrected chi connectivity index (χ4v) is 2.15. The Morgan fingerprint density at radius 2 is 2.05 bits per heavy atom. The Kier molecular flexibility index (Phi) is 5.33. The van der Waals surface area contributed by atoms with Crippen LogP contribution in [0.25, 0.3) is 0 Å². The zero-order valence-corrected chi connectivity index (χ0v) is 12.1. The maximum absolute atomic E-state index is 11.4. The van der Waals surface area contributed by atoms with Crippen LogP contribution in [0.3, 0.4) is 0 Å². The lowest BCUT2D eigenvalue weighted by Crippen LogP contribution is -2.36. The Labute approximate surface area is 121 Å². The summed E-state index contributed by atoms with van der Waals surface area (Å²) in [5.74, 6) is -0.868. The molecule has 0 aliphatic heterocycles. The molecule has 0 aromatic heterocycles. The van der Waals surface area contributed by atoms with Crippen molar-refractivity contribution in [3.8, 4) is 0 Å². The highest BCUT2D eigenvalue weighted by molar-refractivity contribution is 6.33. The van der Waals surface area contributed by atoms with E-state index >= 15 is 0 Å². The number of hydrogen-bond donors (Lipinski definition) is 2. The van der Waals surface area contributed by atoms with Gasteiger partial charge in [-0.1, -0.05) is 25.4 Å². The number of anilines is 1. The second-order valence-electron chi connectivity index (χ2n) is 4.57. The zero-order valence-electron chi connectivity index (χ0n) is 11.4. The molecule has 0 aliphatic rings. The lowest BCUT2D eigenvalue weighted by atomic mass is 9.82. The molecule has 1 rings (SSSR count). The van der Waals surface area contributed by atoms with Crippen LogP contribution in [0.2, 0.25) is 5.02 Å². The Morgan fingerprint density at radius 1 is 1.45 bits per heavy atom. The summed E-state index contributed by atoms with van der Waals surface area (Å²) in [6.07, 6.45) is 0.965. The summed E-state index contributed by atoms with van der Waals surface area (Å²) >= 11 is 5.95. The van der Waals surface area contributed by atoms with E-state index in [0.29, 0.717) is 18.5 Å². The average Bonchev–Trinajstić information content (AvgIpc) is 2.41. The third-order valence-electron chi connectivity index (χ3n) is 3.59. The van der Waals surface area contributed by atoms with E-state index in [4.69, 9.17) is 11.6 Å². The van der Waals surface area contributed by atoms with Crippen LogP contribution in [0, 0.1) is 15.5 Å². The quantitative estimate of drug-likeness (QED) is 0.593. The highest BCUT2D eigenvalue weighted by Crippen LogP contribution is 2.31. The lowest BCUT2D eigenvalue weighted by Gasteiger charge is -2.27. The van der Waals surface area contributed by atoms with Crippen molar-refractivity contribution in [3.63, 3.8) is 0 Å². The van der Waals surface area contributed by atoms with E-state index in [2.05, 4.69) is 5.32 Å². The number of halogens is 1. The van der Waals surface area contributed by atoms with Crippen molar-refractivity contribution in [1.29, 1.82) is 0 Å². The van der Waals surface area contributed by atoms with Crippen molar-refractivity contribution in [3.05, 3.63) is 33.3 Å². The summed E-state index contributed by atoms with van der Waals surface area (Å²) in [5.41, 5.74) is -0.480. The molecule has 0 bridgehead atoms. The zero-order chi connectivity index (χ0) is 15.3. The van der Waals surface area contributed by atoms with Gasteiger partial charge in [0.2, 0.25) is 0 Å². The summed E-state index contributed by atoms with van der Waals surface area (Å²) < 4.78 is 0. The van der Waals surface area contributed by atoms with Gasteiger partial charge in [-0.2, -0.15) is 0 Å². The Bertz CT molecular complexity index is 515. The Balaban J connectivity index is 2.89. The maximum Gasteiger partial charge on any atom is 0.311 e. The Morgan fingerprint density at radius 3 is 2.45 bits per heavy atom. The van der Waals surface area contributed by atoms with Crippen LogP contribution in [0.4, 0.5) is 11.4 Å². The van der Waals surface area contributed by atoms with Gasteiger partial charge in [-0.15, -0.1) is 0 Å². The first-order chi connectivity index (χ1) is 9.36. The van der Waals surface area contributed by atoms with Crippen LogP contribution in [0.5, 0.6) is 0 Å². The summed E-state index contributed by atoms with van der Waals surface area (Å²) in [7, 11) is 0. The van der Waals surface area contributed by atoms with Gasteiger partial charge in [0.25, 0.3) is 5.69 Å². The van der Waals surface area contributed by atoms with E-state index in [1.54, 1.807) is 0 Å². The molecule has 1 aromatic rings. The molecule has 110 valence electrons. The largest absolute Gasteiger partial charge is 0.481 e. The van der Waals surface area contributed by atoms with Crippen LogP contribution >= 0.6 is 11.6 Å². The third-order valence-corrected chi connectivity index (χ3v) is 3.90. The summed E-state index contributed by atoms with van der Waals surface area (Å²) in [6, 6.07) is 4.05. The number of carboxylic acid groups (broad SMARTS) is 1. The third kappa shape index (κ3) is 3.39. The number of rotatable bonds is 7. The van der Waals surface area contributed by atoms with Crippen molar-refractivity contribution >= 4 is 28.9 Å². The molecule has 0 aliphatic carbocycles. The molecular formula is C13H17ClN2O4. The minimum absolute atomic E-state index is 0.101. The number of carbonyl (C=O) groups is 1. The van der Waals surface area contributed by atoms with Crippen molar-refractivity contribution < 1.29 is 14.8 Å². The first kappa shape index (κ1) is 16.2. The Hall–Kier alpha value is -1.82. The number of nitro groups is 1. The minimum atomic E-state index is -0.870. The van der Waals surface area contributed by atoms with Gasteiger partial charge in [-0.25, -0.2) is 0 Å². The number of benzene rings is 1. The molecule has 0 saturated carbocycles. The second kappa shape index (κ2) is 6.56. The number of carboxylic acids is 1. The van der Waals surface area contributed by atoms with E-state index in [1.165, 1.54) is 18.2 Å². The predicted molar refractivity (Wildman–Crippen MR) is 77.2 cm³/mol. The summed E-state index contributed by atoms with van der Waals surface area (Å²) in [6.45, 7) is 3.85. The van der Waals surface area contributed by atoms with Gasteiger partial charge in [-0.3, -0.25) is 14.9 Å². The van der Waals surface area contributed by atoms with Gasteiger partial charge < -0.3 is 10.4 Å². The molecular weight excluding hydrogens is 284 g/mol. The molecule has 20 heavy (non-hydrogen) atoms. The molecule has 0 saturated heterocycles. The topological polar surface area (TPSA) is 92.5 Å². The molecule has 2 N–H and O–H groups in total. The van der Waals surface area contributed by atoms with Gasteiger partial charge >= 0.3 is 5.97 Å². The summed E-state index contributed by atoms with van der Waals surface area (Å²) in [4.78, 5) is 21.5. The first-order valence-corrected chi connectivity index (χ1v) is 6.65. The van der Waals surface area contributed by atoms with E-state index in [9.17, 15) is 20.0 Å². The van der Waals surface area contributed by atoms with Crippen LogP contribution in [0.1, 0.15) is 26.7 Å². The molecule has 7 heteroatoms. The number of non-ortho nitro benzene ring substituents is 1. The van der Waals surface area contributed by atoms with E-state index in [1.807, 2.05) is 13.8 Å². The molecule has 0 heterocycles. The van der Waals surface area contributed by atoms with E-state index in [-0.39, 0.29) is 17.3 Å². The standard InChI is InChI=1S/C13H17ClN2O4/c1-3-13(4-2,12(17)18)8-15-11-6-5-9(16(19)20)7-10(11)14/h5-7,15H,3-4,8H2,1-2H3,(H,17,18). The van der Waals surface area contributed by atoms with Crippen LogP contribution in [-0.2, 0) is 4.79 Å².